The molecule has 4 heteroatoms. The number of nitrogens with one attached hydrogen (secondary N) is 1. The van der Waals surface area contributed by atoms with Gasteiger partial charge in [-0.2, -0.15) is 0 Å². The first kappa shape index (κ1) is 14.1. The van der Waals surface area contributed by atoms with Gasteiger partial charge in [0.2, 0.25) is 5.91 Å². The van der Waals surface area contributed by atoms with Crippen molar-refractivity contribution < 1.29 is 14.7 Å². The molecule has 15 heavy (non-hydrogen) atoms. The zero-order valence-corrected chi connectivity index (χ0v) is 9.96. The van der Waals surface area contributed by atoms with Crippen LogP contribution in [-0.4, -0.2) is 29.4 Å². The van der Waals surface area contributed by atoms with Crippen LogP contribution in [-0.2, 0) is 9.59 Å². The second-order valence-electron chi connectivity index (χ2n) is 4.89. The van der Waals surface area contributed by atoms with Crippen LogP contribution in [0, 0.1) is 5.41 Å². The lowest BCUT2D eigenvalue weighted by atomic mass is 9.89. The van der Waals surface area contributed by atoms with Crippen LogP contribution < -0.4 is 5.32 Å². The molecule has 1 unspecified atom stereocenters. The molecule has 0 heterocycles. The van der Waals surface area contributed by atoms with Crippen LogP contribution in [0.3, 0.4) is 0 Å². The first-order chi connectivity index (χ1) is 6.73. The first-order valence-corrected chi connectivity index (χ1v) is 5.17. The second-order valence-corrected chi connectivity index (χ2v) is 4.89. The number of aliphatic hydroxyl groups excluding tert-OH is 1. The van der Waals surface area contributed by atoms with Gasteiger partial charge in [-0.05, 0) is 12.3 Å². The molecule has 0 spiro atoms. The summed E-state index contributed by atoms with van der Waals surface area (Å²) >= 11 is 0. The van der Waals surface area contributed by atoms with E-state index in [4.69, 9.17) is 0 Å². The van der Waals surface area contributed by atoms with E-state index in [1.807, 2.05) is 20.8 Å². The Balaban J connectivity index is 3.76. The van der Waals surface area contributed by atoms with Crippen molar-refractivity contribution in [3.8, 4) is 0 Å². The summed E-state index contributed by atoms with van der Waals surface area (Å²) in [6.45, 7) is 7.40. The molecule has 1 amide bonds. The van der Waals surface area contributed by atoms with Crippen LogP contribution in [0.15, 0.2) is 0 Å². The van der Waals surface area contributed by atoms with E-state index in [-0.39, 0.29) is 36.5 Å². The van der Waals surface area contributed by atoms with E-state index < -0.39 is 6.10 Å². The smallest absolute Gasteiger partial charge is 0.220 e. The maximum absolute atomic E-state index is 11.2. The largest absolute Gasteiger partial charge is 0.391 e. The third-order valence-electron chi connectivity index (χ3n) is 2.20. The highest BCUT2D eigenvalue weighted by atomic mass is 16.3. The van der Waals surface area contributed by atoms with E-state index in [2.05, 4.69) is 5.32 Å². The first-order valence-electron chi connectivity index (χ1n) is 5.17. The van der Waals surface area contributed by atoms with E-state index in [0.29, 0.717) is 0 Å². The fourth-order valence-electron chi connectivity index (χ4n) is 0.895. The molecule has 0 saturated carbocycles. The Morgan fingerprint density at radius 1 is 1.27 bits per heavy atom. The van der Waals surface area contributed by atoms with Gasteiger partial charge < -0.3 is 15.2 Å². The molecule has 0 aliphatic heterocycles. The molecule has 0 saturated heterocycles. The van der Waals surface area contributed by atoms with Crippen molar-refractivity contribution in [2.75, 3.05) is 6.54 Å². The highest BCUT2D eigenvalue weighted by Crippen LogP contribution is 2.18. The maximum atomic E-state index is 11.2. The molecule has 0 radical (unpaired) electrons. The van der Waals surface area contributed by atoms with Crippen LogP contribution in [0.25, 0.3) is 0 Å². The zero-order valence-electron chi connectivity index (χ0n) is 9.96. The van der Waals surface area contributed by atoms with Crippen molar-refractivity contribution in [3.63, 3.8) is 0 Å². The predicted octanol–water partition coefficient (Wildman–Crippen LogP) is 0.879. The highest BCUT2D eigenvalue weighted by molar-refractivity contribution is 5.83. The van der Waals surface area contributed by atoms with E-state index in [1.165, 1.54) is 6.92 Å². The number of carbonyl (C=O) groups excluding carboxylic acids is 2. The predicted molar refractivity (Wildman–Crippen MR) is 58.4 cm³/mol. The third-order valence-corrected chi connectivity index (χ3v) is 2.20. The minimum atomic E-state index is -0.571. The molecule has 0 aromatic heterocycles. The molecule has 0 aliphatic carbocycles. The van der Waals surface area contributed by atoms with Crippen molar-refractivity contribution in [2.24, 2.45) is 5.41 Å². The topological polar surface area (TPSA) is 66.4 Å². The molecule has 0 aromatic carbocycles. The van der Waals surface area contributed by atoms with Gasteiger partial charge in [0.25, 0.3) is 0 Å². The summed E-state index contributed by atoms with van der Waals surface area (Å²) in [4.78, 5) is 21.8. The number of rotatable bonds is 5. The molecule has 1 atom stereocenters. The quantitative estimate of drug-likeness (QED) is 0.715. The molecule has 0 aliphatic rings. The summed E-state index contributed by atoms with van der Waals surface area (Å²) in [7, 11) is 0. The summed E-state index contributed by atoms with van der Waals surface area (Å²) in [5.74, 6) is -0.185. The number of hydrogen-bond donors (Lipinski definition) is 2. The molecule has 0 rings (SSSR count). The summed E-state index contributed by atoms with van der Waals surface area (Å²) in [5.41, 5.74) is -0.242. The van der Waals surface area contributed by atoms with Gasteiger partial charge in [0.1, 0.15) is 5.78 Å². The Hall–Kier alpha value is -0.900. The minimum Gasteiger partial charge on any atom is -0.391 e. The molecular weight excluding hydrogens is 194 g/mol. The summed E-state index contributed by atoms with van der Waals surface area (Å²) in [6, 6.07) is 0. The van der Waals surface area contributed by atoms with Gasteiger partial charge in [-0.15, -0.1) is 0 Å². The number of carbonyl (C=O) groups is 2. The molecule has 88 valence electrons. The lowest BCUT2D eigenvalue weighted by Crippen LogP contribution is -2.39. The van der Waals surface area contributed by atoms with Crippen molar-refractivity contribution in [2.45, 2.75) is 46.6 Å². The number of amides is 1. The van der Waals surface area contributed by atoms with E-state index in [9.17, 15) is 14.7 Å². The Bertz CT molecular complexity index is 230. The van der Waals surface area contributed by atoms with Crippen LogP contribution in [0.1, 0.15) is 40.5 Å². The molecule has 4 nitrogen and oxygen atoms in total. The van der Waals surface area contributed by atoms with Crippen molar-refractivity contribution >= 4 is 11.7 Å². The molecular formula is C11H21NO3. The van der Waals surface area contributed by atoms with E-state index >= 15 is 0 Å². The van der Waals surface area contributed by atoms with Gasteiger partial charge in [-0.1, -0.05) is 20.8 Å². The van der Waals surface area contributed by atoms with Gasteiger partial charge >= 0.3 is 0 Å². The minimum absolute atomic E-state index is 0.00141. The Labute approximate surface area is 91.1 Å². The fraction of sp³-hybridized carbons (Fsp3) is 0.818. The van der Waals surface area contributed by atoms with Gasteiger partial charge in [-0.3, -0.25) is 4.79 Å². The third kappa shape index (κ3) is 7.08. The van der Waals surface area contributed by atoms with E-state index in [1.54, 1.807) is 0 Å². The molecule has 2 N–H and O–H groups in total. The Morgan fingerprint density at radius 2 is 1.80 bits per heavy atom. The van der Waals surface area contributed by atoms with Crippen LogP contribution in [0.4, 0.5) is 0 Å². The molecule has 0 aromatic rings. The monoisotopic (exact) mass is 215 g/mol. The number of ketones is 1. The summed E-state index contributed by atoms with van der Waals surface area (Å²) in [6.07, 6.45) is -0.109. The van der Waals surface area contributed by atoms with Crippen molar-refractivity contribution in [1.29, 1.82) is 0 Å². The van der Waals surface area contributed by atoms with Gasteiger partial charge in [0, 0.05) is 19.4 Å². The van der Waals surface area contributed by atoms with E-state index in [0.717, 1.165) is 0 Å². The average molecular weight is 215 g/mol. The van der Waals surface area contributed by atoms with Crippen molar-refractivity contribution in [3.05, 3.63) is 0 Å². The zero-order chi connectivity index (χ0) is 12.1. The van der Waals surface area contributed by atoms with Crippen LogP contribution in [0.5, 0.6) is 0 Å². The number of Topliss-reactive ketones (excluding diaryl/α,β-unsaturated/α-hetero) is 1. The Kier molecular flexibility index (Phi) is 5.50. The summed E-state index contributed by atoms with van der Waals surface area (Å²) < 4.78 is 0. The number of hydrogen-bond acceptors (Lipinski definition) is 3. The summed E-state index contributed by atoms with van der Waals surface area (Å²) in [5, 5.41) is 12.2. The maximum Gasteiger partial charge on any atom is 0.220 e. The molecule has 0 fully saturated rings. The van der Waals surface area contributed by atoms with Crippen LogP contribution >= 0.6 is 0 Å². The normalized spacial score (nSPS) is 13.4. The Morgan fingerprint density at radius 3 is 2.20 bits per heavy atom. The lowest BCUT2D eigenvalue weighted by Gasteiger charge is -2.25. The second kappa shape index (κ2) is 5.85. The van der Waals surface area contributed by atoms with Crippen molar-refractivity contribution in [1.82, 2.24) is 5.32 Å². The van der Waals surface area contributed by atoms with Gasteiger partial charge in [0.15, 0.2) is 0 Å². The average Bonchev–Trinajstić information content (AvgIpc) is 2.09. The fourth-order valence-corrected chi connectivity index (χ4v) is 0.895. The molecule has 0 bridgehead atoms. The standard InChI is InChI=1S/C11H21NO3/c1-8(13)5-6-10(15)12-7-9(14)11(2,3)4/h9,14H,5-7H2,1-4H3,(H,12,15). The highest BCUT2D eigenvalue weighted by Gasteiger charge is 2.22. The lowest BCUT2D eigenvalue weighted by molar-refractivity contribution is -0.125. The number of aliphatic hydroxyl groups is 1. The van der Waals surface area contributed by atoms with Gasteiger partial charge in [0.05, 0.1) is 6.10 Å². The SMILES string of the molecule is CC(=O)CCC(=O)NCC(O)C(C)(C)C. The van der Waals surface area contributed by atoms with Gasteiger partial charge in [-0.25, -0.2) is 0 Å². The van der Waals surface area contributed by atoms with Crippen LogP contribution in [0.2, 0.25) is 0 Å².